The van der Waals surface area contributed by atoms with E-state index < -0.39 is 0 Å². The van der Waals surface area contributed by atoms with Crippen LogP contribution in [-0.4, -0.2) is 10.9 Å². The first kappa shape index (κ1) is 15.5. The Morgan fingerprint density at radius 1 is 0.962 bits per heavy atom. The Bertz CT molecular complexity index is 1150. The summed E-state index contributed by atoms with van der Waals surface area (Å²) in [4.78, 5) is 17.4. The third-order valence-corrected chi connectivity index (χ3v) is 6.05. The highest BCUT2D eigenvalue weighted by Gasteiger charge is 2.15. The minimum Gasteiger partial charge on any atom is -0.298 e. The van der Waals surface area contributed by atoms with E-state index in [4.69, 9.17) is 0 Å². The Labute approximate surface area is 155 Å². The van der Waals surface area contributed by atoms with Crippen LogP contribution in [0.3, 0.4) is 0 Å². The molecule has 5 rings (SSSR count). The van der Waals surface area contributed by atoms with Gasteiger partial charge in [-0.2, -0.15) is 0 Å². The normalized spacial score (nSPS) is 13.7. The largest absolute Gasteiger partial charge is 0.298 e. The van der Waals surface area contributed by atoms with E-state index in [1.165, 1.54) is 35.3 Å². The summed E-state index contributed by atoms with van der Waals surface area (Å²) in [5.41, 5.74) is 4.38. The zero-order valence-electron chi connectivity index (χ0n) is 14.3. The van der Waals surface area contributed by atoms with Crippen molar-refractivity contribution in [2.24, 2.45) is 0 Å². The van der Waals surface area contributed by atoms with Crippen LogP contribution in [0.5, 0.6) is 0 Å². The molecular formula is C22H18N2OS. The Balaban J connectivity index is 1.47. The number of nitrogens with zero attached hydrogens (tertiary/aromatic N) is 1. The first-order valence-electron chi connectivity index (χ1n) is 8.99. The molecule has 1 aliphatic carbocycles. The van der Waals surface area contributed by atoms with Crippen molar-refractivity contribution in [3.05, 3.63) is 71.3 Å². The summed E-state index contributed by atoms with van der Waals surface area (Å²) in [6.45, 7) is 0. The number of fused-ring (bicyclic) bond motifs is 4. The van der Waals surface area contributed by atoms with Crippen LogP contribution < -0.4 is 5.32 Å². The molecule has 1 amide bonds. The topological polar surface area (TPSA) is 42.0 Å². The van der Waals surface area contributed by atoms with E-state index in [2.05, 4.69) is 40.6 Å². The first-order valence-corrected chi connectivity index (χ1v) is 9.81. The molecule has 0 atom stereocenters. The molecule has 3 aromatic carbocycles. The number of aromatic nitrogens is 1. The van der Waals surface area contributed by atoms with E-state index in [1.54, 1.807) is 0 Å². The Hall–Kier alpha value is -2.72. The summed E-state index contributed by atoms with van der Waals surface area (Å²) in [7, 11) is 0. The molecule has 1 heterocycles. The van der Waals surface area contributed by atoms with Gasteiger partial charge in [0.25, 0.3) is 5.91 Å². The van der Waals surface area contributed by atoms with Crippen molar-refractivity contribution in [3.63, 3.8) is 0 Å². The summed E-state index contributed by atoms with van der Waals surface area (Å²) >= 11 is 1.52. The van der Waals surface area contributed by atoms with E-state index in [-0.39, 0.29) is 5.91 Å². The number of nitrogens with one attached hydrogen (secondary N) is 1. The number of amides is 1. The van der Waals surface area contributed by atoms with Crippen LogP contribution in [-0.2, 0) is 12.8 Å². The number of anilines is 1. The van der Waals surface area contributed by atoms with Crippen LogP contribution >= 0.6 is 11.3 Å². The van der Waals surface area contributed by atoms with Gasteiger partial charge in [-0.25, -0.2) is 4.98 Å². The lowest BCUT2D eigenvalue weighted by molar-refractivity contribution is 0.102. The molecule has 0 unspecified atom stereocenters. The maximum Gasteiger partial charge on any atom is 0.257 e. The minimum atomic E-state index is -0.0817. The van der Waals surface area contributed by atoms with Crippen LogP contribution in [0.15, 0.2) is 54.6 Å². The molecule has 26 heavy (non-hydrogen) atoms. The second-order valence-electron chi connectivity index (χ2n) is 6.80. The molecular weight excluding hydrogens is 340 g/mol. The fourth-order valence-corrected chi connectivity index (χ4v) is 4.64. The van der Waals surface area contributed by atoms with Crippen LogP contribution in [0.1, 0.15) is 34.3 Å². The minimum absolute atomic E-state index is 0.0817. The molecule has 0 fully saturated rings. The molecule has 0 saturated heterocycles. The highest BCUT2D eigenvalue weighted by molar-refractivity contribution is 7.22. The fraction of sp³-hybridized carbons (Fsp3) is 0.182. The van der Waals surface area contributed by atoms with Gasteiger partial charge in [-0.1, -0.05) is 47.7 Å². The second kappa shape index (κ2) is 6.22. The molecule has 3 nitrogen and oxygen atoms in total. The summed E-state index contributed by atoms with van der Waals surface area (Å²) in [6, 6.07) is 18.5. The third-order valence-electron chi connectivity index (χ3n) is 5.11. The van der Waals surface area contributed by atoms with Gasteiger partial charge < -0.3 is 0 Å². The van der Waals surface area contributed by atoms with Crippen LogP contribution in [0.25, 0.3) is 21.0 Å². The lowest BCUT2D eigenvalue weighted by atomic mass is 9.90. The lowest BCUT2D eigenvalue weighted by Gasteiger charge is -2.16. The highest BCUT2D eigenvalue weighted by atomic mass is 32.1. The quantitative estimate of drug-likeness (QED) is 0.508. The van der Waals surface area contributed by atoms with E-state index >= 15 is 0 Å². The number of hydrogen-bond donors (Lipinski definition) is 1. The van der Waals surface area contributed by atoms with Gasteiger partial charge in [-0.15, -0.1) is 0 Å². The molecule has 0 spiro atoms. The Kier molecular flexibility index (Phi) is 3.71. The van der Waals surface area contributed by atoms with Gasteiger partial charge in [0.15, 0.2) is 5.13 Å². The smallest absolute Gasteiger partial charge is 0.257 e. The summed E-state index contributed by atoms with van der Waals surface area (Å²) in [5.74, 6) is -0.0817. The predicted molar refractivity (Wildman–Crippen MR) is 108 cm³/mol. The monoisotopic (exact) mass is 358 g/mol. The number of hydrogen-bond acceptors (Lipinski definition) is 3. The van der Waals surface area contributed by atoms with Crippen molar-refractivity contribution in [2.45, 2.75) is 25.7 Å². The maximum atomic E-state index is 12.7. The van der Waals surface area contributed by atoms with Gasteiger partial charge in [-0.3, -0.25) is 10.1 Å². The maximum absolute atomic E-state index is 12.7. The van der Waals surface area contributed by atoms with Crippen molar-refractivity contribution in [3.8, 4) is 0 Å². The average Bonchev–Trinajstić information content (AvgIpc) is 3.10. The molecule has 0 radical (unpaired) electrons. The van der Waals surface area contributed by atoms with Gasteiger partial charge in [0.2, 0.25) is 0 Å². The van der Waals surface area contributed by atoms with Gasteiger partial charge >= 0.3 is 0 Å². The zero-order valence-corrected chi connectivity index (χ0v) is 15.1. The average molecular weight is 358 g/mol. The standard InChI is InChI=1S/C22H18N2OS/c25-21(17-10-9-14-5-1-2-7-16(14)13-17)24-22-23-20-18-8-4-3-6-15(18)11-12-19(20)26-22/h3-4,6,8-13H,1-2,5,7H2,(H,23,24,25). The Morgan fingerprint density at radius 3 is 2.73 bits per heavy atom. The molecule has 0 bridgehead atoms. The lowest BCUT2D eigenvalue weighted by Crippen LogP contribution is -2.13. The van der Waals surface area contributed by atoms with Crippen molar-refractivity contribution in [1.82, 2.24) is 4.98 Å². The molecule has 0 aliphatic heterocycles. The van der Waals surface area contributed by atoms with Crippen LogP contribution in [0.4, 0.5) is 5.13 Å². The molecule has 1 aromatic heterocycles. The third kappa shape index (κ3) is 2.67. The van der Waals surface area contributed by atoms with E-state index in [1.807, 2.05) is 24.3 Å². The molecule has 1 N–H and O–H groups in total. The van der Waals surface area contributed by atoms with Crippen LogP contribution in [0, 0.1) is 0 Å². The van der Waals surface area contributed by atoms with E-state index in [0.29, 0.717) is 5.13 Å². The van der Waals surface area contributed by atoms with Gasteiger partial charge in [-0.05, 0) is 60.4 Å². The highest BCUT2D eigenvalue weighted by Crippen LogP contribution is 2.32. The molecule has 4 heteroatoms. The van der Waals surface area contributed by atoms with Crippen molar-refractivity contribution >= 4 is 43.4 Å². The Morgan fingerprint density at radius 2 is 1.81 bits per heavy atom. The molecule has 4 aromatic rings. The van der Waals surface area contributed by atoms with Gasteiger partial charge in [0.1, 0.15) is 0 Å². The van der Waals surface area contributed by atoms with Crippen molar-refractivity contribution < 1.29 is 4.79 Å². The summed E-state index contributed by atoms with van der Waals surface area (Å²) in [6.07, 6.45) is 4.66. The van der Waals surface area contributed by atoms with Crippen LogP contribution in [0.2, 0.25) is 0 Å². The number of carbonyl (C=O) groups is 1. The second-order valence-corrected chi connectivity index (χ2v) is 7.83. The number of thiazole rings is 1. The molecule has 1 aliphatic rings. The predicted octanol–water partition coefficient (Wildman–Crippen LogP) is 5.58. The fourth-order valence-electron chi connectivity index (χ4n) is 3.76. The first-order chi connectivity index (χ1) is 12.8. The number of rotatable bonds is 2. The SMILES string of the molecule is O=C(Nc1nc2c(ccc3ccccc32)s1)c1ccc2c(c1)CCCC2. The zero-order chi connectivity index (χ0) is 17.5. The van der Waals surface area contributed by atoms with Crippen molar-refractivity contribution in [2.75, 3.05) is 5.32 Å². The summed E-state index contributed by atoms with van der Waals surface area (Å²) in [5, 5.41) is 5.93. The number of aryl methyl sites for hydroxylation is 2. The number of benzene rings is 3. The van der Waals surface area contributed by atoms with Crippen molar-refractivity contribution in [1.29, 1.82) is 0 Å². The number of carbonyl (C=O) groups excluding carboxylic acids is 1. The summed E-state index contributed by atoms with van der Waals surface area (Å²) < 4.78 is 1.09. The van der Waals surface area contributed by atoms with Gasteiger partial charge in [0, 0.05) is 10.9 Å². The molecule has 0 saturated carbocycles. The molecule has 128 valence electrons. The van der Waals surface area contributed by atoms with E-state index in [0.717, 1.165) is 39.4 Å². The van der Waals surface area contributed by atoms with E-state index in [9.17, 15) is 4.79 Å². The van der Waals surface area contributed by atoms with Gasteiger partial charge in [0.05, 0.1) is 10.2 Å².